The molecular weight excluding hydrogens is 267 g/mol. The van der Waals surface area contributed by atoms with E-state index < -0.39 is 12.3 Å². The lowest BCUT2D eigenvalue weighted by Gasteiger charge is -2.49. The number of aliphatic hydroxyl groups is 1. The second-order valence-electron chi connectivity index (χ2n) is 7.55. The lowest BCUT2D eigenvalue weighted by molar-refractivity contribution is -0.00292. The van der Waals surface area contributed by atoms with Crippen LogP contribution >= 0.6 is 0 Å². The average Bonchev–Trinajstić information content (AvgIpc) is 2.70. The zero-order chi connectivity index (χ0) is 14.8. The summed E-state index contributed by atoms with van der Waals surface area (Å²) in [5.74, 6) is 1.59. The Hall–Kier alpha value is -1.09. The van der Waals surface area contributed by atoms with Crippen molar-refractivity contribution in [2.75, 3.05) is 0 Å². The van der Waals surface area contributed by atoms with Gasteiger partial charge in [0.1, 0.15) is 11.9 Å². The number of hydrogen-bond donors (Lipinski definition) is 2. The topological polar surface area (TPSA) is 40.5 Å². The Kier molecular flexibility index (Phi) is 2.88. The molecule has 3 heteroatoms. The molecule has 2 fully saturated rings. The molecule has 0 bridgehead atoms. The van der Waals surface area contributed by atoms with E-state index in [2.05, 4.69) is 6.07 Å². The SMILES string of the molecule is C[C@]12CC[C@@H]3c4ccc(O)cc4CC[C@H]3[C@@H]1C[C@@H](O)[C@@H]2F. The van der Waals surface area contributed by atoms with Crippen molar-refractivity contribution in [3.05, 3.63) is 29.3 Å². The maximum atomic E-state index is 14.5. The molecule has 3 aliphatic carbocycles. The zero-order valence-corrected chi connectivity index (χ0v) is 12.4. The molecule has 114 valence electrons. The lowest BCUT2D eigenvalue weighted by Crippen LogP contribution is -2.43. The number of halogens is 1. The number of alkyl halides is 1. The quantitative estimate of drug-likeness (QED) is 0.767. The molecule has 0 saturated heterocycles. The van der Waals surface area contributed by atoms with E-state index in [0.29, 0.717) is 29.9 Å². The van der Waals surface area contributed by atoms with Gasteiger partial charge in [-0.05, 0) is 73.1 Å². The number of phenolic OH excluding ortho intramolecular Hbond substituents is 1. The number of aliphatic hydroxyl groups excluding tert-OH is 1. The van der Waals surface area contributed by atoms with Crippen molar-refractivity contribution in [2.24, 2.45) is 17.3 Å². The molecule has 2 saturated carbocycles. The number of benzene rings is 1. The summed E-state index contributed by atoms with van der Waals surface area (Å²) >= 11 is 0. The maximum Gasteiger partial charge on any atom is 0.131 e. The Morgan fingerprint density at radius 2 is 2.10 bits per heavy atom. The minimum Gasteiger partial charge on any atom is -0.508 e. The summed E-state index contributed by atoms with van der Waals surface area (Å²) in [6, 6.07) is 5.72. The van der Waals surface area contributed by atoms with Crippen LogP contribution in [0.25, 0.3) is 0 Å². The van der Waals surface area contributed by atoms with Crippen LogP contribution in [-0.2, 0) is 6.42 Å². The van der Waals surface area contributed by atoms with Gasteiger partial charge in [-0.2, -0.15) is 0 Å². The van der Waals surface area contributed by atoms with Crippen molar-refractivity contribution in [2.45, 2.75) is 57.2 Å². The first-order chi connectivity index (χ1) is 10.0. The van der Waals surface area contributed by atoms with Crippen LogP contribution in [0.15, 0.2) is 18.2 Å². The smallest absolute Gasteiger partial charge is 0.131 e. The van der Waals surface area contributed by atoms with Gasteiger partial charge in [-0.1, -0.05) is 13.0 Å². The molecule has 6 atom stereocenters. The van der Waals surface area contributed by atoms with Crippen LogP contribution in [0.4, 0.5) is 4.39 Å². The van der Waals surface area contributed by atoms with Crippen molar-refractivity contribution in [3.63, 3.8) is 0 Å². The Labute approximate surface area is 125 Å². The molecule has 0 unspecified atom stereocenters. The van der Waals surface area contributed by atoms with E-state index in [9.17, 15) is 14.6 Å². The third-order valence-corrected chi connectivity index (χ3v) is 6.61. The van der Waals surface area contributed by atoms with E-state index >= 15 is 0 Å². The standard InChI is InChI=1S/C18H23FO2/c1-18-7-6-13-12-5-3-11(20)8-10(12)2-4-14(13)15(18)9-16(21)17(18)19/h3,5,8,13-17,20-21H,2,4,6-7,9H2,1H3/t13-,14-,15+,16-,17+,18+/m1/s1. The van der Waals surface area contributed by atoms with Crippen LogP contribution < -0.4 is 0 Å². The van der Waals surface area contributed by atoms with Crippen LogP contribution in [0.1, 0.15) is 49.7 Å². The van der Waals surface area contributed by atoms with Gasteiger partial charge in [-0.25, -0.2) is 4.39 Å². The van der Waals surface area contributed by atoms with E-state index in [0.717, 1.165) is 25.7 Å². The maximum absolute atomic E-state index is 14.5. The second kappa shape index (κ2) is 4.45. The molecule has 2 N–H and O–H groups in total. The minimum atomic E-state index is -1.07. The van der Waals surface area contributed by atoms with E-state index in [4.69, 9.17) is 0 Å². The lowest BCUT2D eigenvalue weighted by atomic mass is 9.55. The van der Waals surface area contributed by atoms with Crippen molar-refractivity contribution in [1.82, 2.24) is 0 Å². The molecular formula is C18H23FO2. The predicted octanol–water partition coefficient (Wildman–Crippen LogP) is 3.56. The van der Waals surface area contributed by atoms with Gasteiger partial charge < -0.3 is 10.2 Å². The summed E-state index contributed by atoms with van der Waals surface area (Å²) in [5.41, 5.74) is 2.27. The molecule has 1 aromatic carbocycles. The van der Waals surface area contributed by atoms with Crippen molar-refractivity contribution in [1.29, 1.82) is 0 Å². The molecule has 0 radical (unpaired) electrons. The Bertz CT molecular complexity index is 572. The van der Waals surface area contributed by atoms with Crippen LogP contribution in [0.3, 0.4) is 0 Å². The first kappa shape index (κ1) is 13.6. The molecule has 4 rings (SSSR count). The number of hydrogen-bond acceptors (Lipinski definition) is 2. The average molecular weight is 290 g/mol. The van der Waals surface area contributed by atoms with Crippen LogP contribution in [0.2, 0.25) is 0 Å². The largest absolute Gasteiger partial charge is 0.508 e. The highest BCUT2D eigenvalue weighted by Crippen LogP contribution is 2.61. The summed E-state index contributed by atoms with van der Waals surface area (Å²) in [6.45, 7) is 2.04. The first-order valence-corrected chi connectivity index (χ1v) is 8.14. The molecule has 2 nitrogen and oxygen atoms in total. The minimum absolute atomic E-state index is 0.295. The van der Waals surface area contributed by atoms with Crippen molar-refractivity contribution < 1.29 is 14.6 Å². The van der Waals surface area contributed by atoms with E-state index in [1.54, 1.807) is 6.07 Å². The summed E-state index contributed by atoms with van der Waals surface area (Å²) in [6.07, 6.45) is 2.65. The summed E-state index contributed by atoms with van der Waals surface area (Å²) in [4.78, 5) is 0. The fraction of sp³-hybridized carbons (Fsp3) is 0.667. The summed E-state index contributed by atoms with van der Waals surface area (Å²) in [5, 5.41) is 19.7. The highest BCUT2D eigenvalue weighted by atomic mass is 19.1. The first-order valence-electron chi connectivity index (χ1n) is 8.14. The number of phenols is 1. The molecule has 0 amide bonds. The Balaban J connectivity index is 1.71. The van der Waals surface area contributed by atoms with Gasteiger partial charge in [0.15, 0.2) is 0 Å². The highest BCUT2D eigenvalue weighted by Gasteiger charge is 2.58. The zero-order valence-electron chi connectivity index (χ0n) is 12.4. The van der Waals surface area contributed by atoms with Gasteiger partial charge in [0.05, 0.1) is 6.10 Å². The van der Waals surface area contributed by atoms with Gasteiger partial charge in [0, 0.05) is 5.41 Å². The van der Waals surface area contributed by atoms with Gasteiger partial charge in [0.25, 0.3) is 0 Å². The van der Waals surface area contributed by atoms with Gasteiger partial charge in [-0.15, -0.1) is 0 Å². The number of rotatable bonds is 0. The van der Waals surface area contributed by atoms with E-state index in [1.165, 1.54) is 11.1 Å². The predicted molar refractivity (Wildman–Crippen MR) is 79.0 cm³/mol. The van der Waals surface area contributed by atoms with Crippen LogP contribution in [0.5, 0.6) is 5.75 Å². The molecule has 21 heavy (non-hydrogen) atoms. The Morgan fingerprint density at radius 3 is 2.90 bits per heavy atom. The van der Waals surface area contributed by atoms with Crippen molar-refractivity contribution >= 4 is 0 Å². The van der Waals surface area contributed by atoms with Gasteiger partial charge >= 0.3 is 0 Å². The van der Waals surface area contributed by atoms with Gasteiger partial charge in [0.2, 0.25) is 0 Å². The van der Waals surface area contributed by atoms with E-state index in [1.807, 2.05) is 13.0 Å². The van der Waals surface area contributed by atoms with E-state index in [-0.39, 0.29) is 5.41 Å². The molecule has 0 spiro atoms. The van der Waals surface area contributed by atoms with Crippen LogP contribution in [-0.4, -0.2) is 22.5 Å². The molecule has 3 aliphatic rings. The van der Waals surface area contributed by atoms with Crippen molar-refractivity contribution in [3.8, 4) is 5.75 Å². The Morgan fingerprint density at radius 1 is 1.29 bits per heavy atom. The third kappa shape index (κ3) is 1.79. The number of aromatic hydroxyl groups is 1. The monoisotopic (exact) mass is 290 g/mol. The fourth-order valence-corrected chi connectivity index (χ4v) is 5.52. The third-order valence-electron chi connectivity index (χ3n) is 6.61. The summed E-state index contributed by atoms with van der Waals surface area (Å²) in [7, 11) is 0. The number of aryl methyl sites for hydroxylation is 1. The highest BCUT2D eigenvalue weighted by molar-refractivity contribution is 5.40. The summed E-state index contributed by atoms with van der Waals surface area (Å²) < 4.78 is 14.5. The molecule has 0 heterocycles. The molecule has 0 aliphatic heterocycles. The number of fused-ring (bicyclic) bond motifs is 5. The molecule has 0 aromatic heterocycles. The molecule has 1 aromatic rings. The normalized spacial score (nSPS) is 44.8. The fourth-order valence-electron chi connectivity index (χ4n) is 5.52. The van der Waals surface area contributed by atoms with Crippen LogP contribution in [0, 0.1) is 17.3 Å². The second-order valence-corrected chi connectivity index (χ2v) is 7.55. The van der Waals surface area contributed by atoms with Gasteiger partial charge in [-0.3, -0.25) is 0 Å².